The summed E-state index contributed by atoms with van der Waals surface area (Å²) < 4.78 is 20.2. The molecule has 0 aliphatic heterocycles. The summed E-state index contributed by atoms with van der Waals surface area (Å²) in [6.45, 7) is 3.65. The standard InChI is InChI=1S/C22H24N4O3S2/c1-22(2,18-13-30-21(25-18)26-31(28)16-11-12-16)20(27)23-15-9-7-14(8-10-15)17-5-4-6-19(24-17)29-3/h4-10,13,16H,11-12H2,1-3H3,(H,23,27)(H,25,26). The van der Waals surface area contributed by atoms with Crippen LogP contribution in [0.1, 0.15) is 32.4 Å². The third-order valence-electron chi connectivity index (χ3n) is 5.10. The van der Waals surface area contributed by atoms with Crippen LogP contribution in [0.5, 0.6) is 5.88 Å². The SMILES string of the molecule is COc1cccc(-c2ccc(NC(=O)C(C)(C)c3csc(NS(=O)C4CC4)n3)cc2)n1. The van der Waals surface area contributed by atoms with Crippen molar-refractivity contribution in [1.29, 1.82) is 0 Å². The van der Waals surface area contributed by atoms with Gasteiger partial charge in [-0.05, 0) is 44.9 Å². The molecule has 0 saturated heterocycles. The number of anilines is 2. The average Bonchev–Trinajstić information content (AvgIpc) is 3.53. The number of thiazole rings is 1. The van der Waals surface area contributed by atoms with Gasteiger partial charge >= 0.3 is 0 Å². The number of aromatic nitrogens is 2. The zero-order chi connectivity index (χ0) is 22.0. The Morgan fingerprint density at radius 2 is 1.90 bits per heavy atom. The Balaban J connectivity index is 1.43. The summed E-state index contributed by atoms with van der Waals surface area (Å²) in [7, 11) is 0.480. The van der Waals surface area contributed by atoms with Gasteiger partial charge in [-0.1, -0.05) is 18.2 Å². The van der Waals surface area contributed by atoms with Crippen molar-refractivity contribution in [1.82, 2.24) is 9.97 Å². The number of ether oxygens (including phenoxy) is 1. The lowest BCUT2D eigenvalue weighted by atomic mass is 9.89. The van der Waals surface area contributed by atoms with Gasteiger partial charge in [-0.25, -0.2) is 14.2 Å². The Hall–Kier alpha value is -2.78. The molecular weight excluding hydrogens is 432 g/mol. The molecule has 1 fully saturated rings. The number of nitrogens with one attached hydrogen (secondary N) is 2. The number of amides is 1. The fourth-order valence-electron chi connectivity index (χ4n) is 2.88. The summed E-state index contributed by atoms with van der Waals surface area (Å²) >= 11 is 1.36. The minimum atomic E-state index is -1.10. The van der Waals surface area contributed by atoms with E-state index >= 15 is 0 Å². The van der Waals surface area contributed by atoms with Gasteiger partial charge in [0.1, 0.15) is 11.0 Å². The summed E-state index contributed by atoms with van der Waals surface area (Å²) in [5, 5.41) is 5.60. The predicted molar refractivity (Wildman–Crippen MR) is 125 cm³/mol. The van der Waals surface area contributed by atoms with Gasteiger partial charge in [0.05, 0.1) is 29.2 Å². The monoisotopic (exact) mass is 456 g/mol. The zero-order valence-corrected chi connectivity index (χ0v) is 19.2. The molecule has 1 amide bonds. The molecule has 1 unspecified atom stereocenters. The molecule has 9 heteroatoms. The molecule has 4 rings (SSSR count). The maximum Gasteiger partial charge on any atom is 0.236 e. The van der Waals surface area contributed by atoms with Crippen LogP contribution in [0.15, 0.2) is 47.8 Å². The summed E-state index contributed by atoms with van der Waals surface area (Å²) in [6, 6.07) is 13.1. The second-order valence-electron chi connectivity index (χ2n) is 7.86. The van der Waals surface area contributed by atoms with Crippen molar-refractivity contribution >= 4 is 39.0 Å². The van der Waals surface area contributed by atoms with Gasteiger partial charge in [-0.3, -0.25) is 9.52 Å². The number of methoxy groups -OCH3 is 1. The van der Waals surface area contributed by atoms with Gasteiger partial charge in [-0.15, -0.1) is 11.3 Å². The second-order valence-corrected chi connectivity index (χ2v) is 10.2. The number of carbonyl (C=O) groups excluding carboxylic acids is 1. The molecule has 0 bridgehead atoms. The lowest BCUT2D eigenvalue weighted by Crippen LogP contribution is -2.35. The first kappa shape index (κ1) is 21.5. The summed E-state index contributed by atoms with van der Waals surface area (Å²) in [5.41, 5.74) is 2.21. The van der Waals surface area contributed by atoms with Crippen LogP contribution in [0, 0.1) is 0 Å². The minimum Gasteiger partial charge on any atom is -0.481 e. The Labute approximate surface area is 187 Å². The highest BCUT2D eigenvalue weighted by Gasteiger charge is 2.33. The number of hydrogen-bond donors (Lipinski definition) is 2. The fourth-order valence-corrected chi connectivity index (χ4v) is 4.99. The minimum absolute atomic E-state index is 0.167. The lowest BCUT2D eigenvalue weighted by molar-refractivity contribution is -0.120. The van der Waals surface area contributed by atoms with E-state index in [0.29, 0.717) is 22.4 Å². The molecule has 1 aromatic carbocycles. The molecule has 1 saturated carbocycles. The van der Waals surface area contributed by atoms with E-state index in [1.807, 2.05) is 55.6 Å². The molecular formula is C22H24N4O3S2. The third kappa shape index (κ3) is 4.94. The van der Waals surface area contributed by atoms with Gasteiger partial charge in [-0.2, -0.15) is 0 Å². The van der Waals surface area contributed by atoms with Crippen molar-refractivity contribution in [3.8, 4) is 17.1 Å². The fraction of sp³-hybridized carbons (Fsp3) is 0.318. The van der Waals surface area contributed by atoms with Crippen LogP contribution in [0.2, 0.25) is 0 Å². The zero-order valence-electron chi connectivity index (χ0n) is 17.5. The van der Waals surface area contributed by atoms with E-state index in [1.54, 1.807) is 13.2 Å². The van der Waals surface area contributed by atoms with E-state index in [4.69, 9.17) is 4.74 Å². The molecule has 162 valence electrons. The molecule has 2 N–H and O–H groups in total. The van der Waals surface area contributed by atoms with Gasteiger partial charge < -0.3 is 10.1 Å². The van der Waals surface area contributed by atoms with E-state index in [1.165, 1.54) is 11.3 Å². The third-order valence-corrected chi connectivity index (χ3v) is 7.46. The van der Waals surface area contributed by atoms with Gasteiger partial charge in [0, 0.05) is 22.7 Å². The normalized spacial score (nSPS) is 14.7. The van der Waals surface area contributed by atoms with E-state index in [0.717, 1.165) is 24.1 Å². The van der Waals surface area contributed by atoms with E-state index in [2.05, 4.69) is 20.0 Å². The van der Waals surface area contributed by atoms with Crippen LogP contribution in [-0.4, -0.2) is 32.4 Å². The summed E-state index contributed by atoms with van der Waals surface area (Å²) in [4.78, 5) is 21.9. The van der Waals surface area contributed by atoms with Crippen molar-refractivity contribution < 1.29 is 13.7 Å². The van der Waals surface area contributed by atoms with E-state index < -0.39 is 16.4 Å². The van der Waals surface area contributed by atoms with Gasteiger partial charge in [0.2, 0.25) is 11.8 Å². The first-order valence-electron chi connectivity index (χ1n) is 9.93. The van der Waals surface area contributed by atoms with E-state index in [9.17, 15) is 9.00 Å². The van der Waals surface area contributed by atoms with Crippen molar-refractivity contribution in [3.05, 3.63) is 53.5 Å². The van der Waals surface area contributed by atoms with Crippen molar-refractivity contribution in [2.45, 2.75) is 37.4 Å². The number of carbonyl (C=O) groups is 1. The molecule has 31 heavy (non-hydrogen) atoms. The summed E-state index contributed by atoms with van der Waals surface area (Å²) in [5.74, 6) is 0.384. The Morgan fingerprint density at radius 1 is 1.16 bits per heavy atom. The number of pyridine rings is 1. The van der Waals surface area contributed by atoms with Crippen molar-refractivity contribution in [2.24, 2.45) is 0 Å². The van der Waals surface area contributed by atoms with Crippen LogP contribution in [0.3, 0.4) is 0 Å². The molecule has 0 spiro atoms. The number of nitrogens with zero attached hydrogens (tertiary/aromatic N) is 2. The maximum atomic E-state index is 13.0. The smallest absolute Gasteiger partial charge is 0.236 e. The van der Waals surface area contributed by atoms with Crippen LogP contribution in [0.4, 0.5) is 10.8 Å². The quantitative estimate of drug-likeness (QED) is 0.525. The largest absolute Gasteiger partial charge is 0.481 e. The highest BCUT2D eigenvalue weighted by Crippen LogP contribution is 2.31. The molecule has 2 heterocycles. The Bertz CT molecular complexity index is 1110. The van der Waals surface area contributed by atoms with Crippen LogP contribution < -0.4 is 14.8 Å². The Kier molecular flexibility index (Phi) is 6.06. The van der Waals surface area contributed by atoms with Gasteiger partial charge in [0.25, 0.3) is 0 Å². The summed E-state index contributed by atoms with van der Waals surface area (Å²) in [6.07, 6.45) is 1.97. The number of benzene rings is 1. The van der Waals surface area contributed by atoms with Crippen LogP contribution in [0.25, 0.3) is 11.3 Å². The number of rotatable bonds is 8. The molecule has 3 aromatic rings. The van der Waals surface area contributed by atoms with Crippen molar-refractivity contribution in [3.63, 3.8) is 0 Å². The average molecular weight is 457 g/mol. The number of hydrogen-bond acceptors (Lipinski definition) is 6. The molecule has 1 atom stereocenters. The van der Waals surface area contributed by atoms with Crippen molar-refractivity contribution in [2.75, 3.05) is 17.1 Å². The molecule has 1 aliphatic rings. The second kappa shape index (κ2) is 8.76. The predicted octanol–water partition coefficient (Wildman–Crippen LogP) is 4.37. The van der Waals surface area contributed by atoms with Crippen LogP contribution >= 0.6 is 11.3 Å². The first-order chi connectivity index (χ1) is 14.9. The maximum absolute atomic E-state index is 13.0. The van der Waals surface area contributed by atoms with E-state index in [-0.39, 0.29) is 11.2 Å². The highest BCUT2D eigenvalue weighted by atomic mass is 32.2. The highest BCUT2D eigenvalue weighted by molar-refractivity contribution is 7.87. The van der Waals surface area contributed by atoms with Gasteiger partial charge in [0.15, 0.2) is 5.13 Å². The topological polar surface area (TPSA) is 93.2 Å². The van der Waals surface area contributed by atoms with Crippen LogP contribution in [-0.2, 0) is 21.2 Å². The molecule has 2 aromatic heterocycles. The Morgan fingerprint density at radius 3 is 2.58 bits per heavy atom. The lowest BCUT2D eigenvalue weighted by Gasteiger charge is -2.21. The molecule has 7 nitrogen and oxygen atoms in total. The molecule has 0 radical (unpaired) electrons. The first-order valence-corrected chi connectivity index (χ1v) is 12.0. The molecule has 1 aliphatic carbocycles.